The maximum absolute atomic E-state index is 5.73. The van der Waals surface area contributed by atoms with E-state index >= 15 is 0 Å². The number of fused-ring (bicyclic) bond motifs is 1. The normalized spacial score (nSPS) is 18.8. The first-order valence-corrected chi connectivity index (χ1v) is 9.00. The molecule has 1 unspecified atom stereocenters. The Balaban J connectivity index is 1.44. The molecule has 4 heterocycles. The number of thiophene rings is 1. The van der Waals surface area contributed by atoms with Crippen molar-refractivity contribution in [1.82, 2.24) is 25.3 Å². The van der Waals surface area contributed by atoms with E-state index in [9.17, 15) is 0 Å². The number of rotatable bonds is 4. The van der Waals surface area contributed by atoms with Crippen molar-refractivity contribution in [1.29, 1.82) is 0 Å². The highest BCUT2D eigenvalue weighted by Gasteiger charge is 2.17. The second-order valence-electron chi connectivity index (χ2n) is 4.96. The summed E-state index contributed by atoms with van der Waals surface area (Å²) in [4.78, 5) is 16.8. The molecular formula is C14H15N5OS2. The molecule has 1 saturated heterocycles. The first kappa shape index (κ1) is 14.1. The summed E-state index contributed by atoms with van der Waals surface area (Å²) < 4.78 is 5.73. The summed E-state index contributed by atoms with van der Waals surface area (Å²) in [6.45, 7) is 2.43. The van der Waals surface area contributed by atoms with Crippen molar-refractivity contribution < 1.29 is 4.74 Å². The van der Waals surface area contributed by atoms with Crippen molar-refractivity contribution in [3.63, 3.8) is 0 Å². The fourth-order valence-corrected chi connectivity index (χ4v) is 3.79. The second kappa shape index (κ2) is 6.33. The van der Waals surface area contributed by atoms with Gasteiger partial charge in [-0.05, 0) is 6.07 Å². The third kappa shape index (κ3) is 3.00. The summed E-state index contributed by atoms with van der Waals surface area (Å²) in [6, 6.07) is 1.93. The number of H-pyrrole nitrogens is 1. The Kier molecular flexibility index (Phi) is 4.07. The van der Waals surface area contributed by atoms with Crippen LogP contribution in [0.15, 0.2) is 28.2 Å². The third-order valence-corrected chi connectivity index (χ3v) is 5.03. The van der Waals surface area contributed by atoms with Gasteiger partial charge in [0.25, 0.3) is 0 Å². The van der Waals surface area contributed by atoms with Gasteiger partial charge in [-0.2, -0.15) is 0 Å². The highest BCUT2D eigenvalue weighted by molar-refractivity contribution is 7.98. The van der Waals surface area contributed by atoms with Crippen LogP contribution in [-0.2, 0) is 10.5 Å². The predicted octanol–water partition coefficient (Wildman–Crippen LogP) is 2.37. The van der Waals surface area contributed by atoms with Gasteiger partial charge in [0.05, 0.1) is 23.6 Å². The number of nitrogens with one attached hydrogen (secondary N) is 2. The van der Waals surface area contributed by atoms with Crippen LogP contribution in [0.3, 0.4) is 0 Å². The van der Waals surface area contributed by atoms with E-state index in [1.54, 1.807) is 29.3 Å². The lowest BCUT2D eigenvalue weighted by Gasteiger charge is -2.23. The van der Waals surface area contributed by atoms with E-state index < -0.39 is 0 Å². The Morgan fingerprint density at radius 2 is 2.36 bits per heavy atom. The van der Waals surface area contributed by atoms with Crippen molar-refractivity contribution in [3.8, 4) is 0 Å². The predicted molar refractivity (Wildman–Crippen MR) is 87.1 cm³/mol. The Morgan fingerprint density at radius 1 is 1.36 bits per heavy atom. The first-order chi connectivity index (χ1) is 10.9. The molecule has 22 heavy (non-hydrogen) atoms. The Bertz CT molecular complexity index is 737. The summed E-state index contributed by atoms with van der Waals surface area (Å²) >= 11 is 3.27. The zero-order valence-corrected chi connectivity index (χ0v) is 13.4. The molecule has 0 saturated carbocycles. The Hall–Kier alpha value is -1.48. The van der Waals surface area contributed by atoms with Crippen LogP contribution >= 0.6 is 23.1 Å². The van der Waals surface area contributed by atoms with Gasteiger partial charge in [-0.15, -0.1) is 11.3 Å². The van der Waals surface area contributed by atoms with Crippen LogP contribution in [0, 0.1) is 0 Å². The fourth-order valence-electron chi connectivity index (χ4n) is 2.34. The van der Waals surface area contributed by atoms with Gasteiger partial charge in [-0.1, -0.05) is 11.8 Å². The highest BCUT2D eigenvalue weighted by Crippen LogP contribution is 2.24. The van der Waals surface area contributed by atoms with Crippen molar-refractivity contribution in [2.75, 3.05) is 19.7 Å². The Morgan fingerprint density at radius 3 is 3.23 bits per heavy atom. The third-order valence-electron chi connectivity index (χ3n) is 3.43. The number of ether oxygens (including phenoxy) is 1. The Labute approximate surface area is 135 Å². The van der Waals surface area contributed by atoms with E-state index in [1.165, 1.54) is 0 Å². The fraction of sp³-hybridized carbons (Fsp3) is 0.357. The lowest BCUT2D eigenvalue weighted by atomic mass is 10.2. The van der Waals surface area contributed by atoms with Gasteiger partial charge in [0, 0.05) is 30.0 Å². The molecule has 8 heteroatoms. The smallest absolute Gasteiger partial charge is 0.166 e. The minimum atomic E-state index is 0.0224. The molecule has 1 aliphatic heterocycles. The van der Waals surface area contributed by atoms with Crippen LogP contribution in [0.1, 0.15) is 17.6 Å². The van der Waals surface area contributed by atoms with Gasteiger partial charge >= 0.3 is 0 Å². The summed E-state index contributed by atoms with van der Waals surface area (Å²) in [6.07, 6.45) is 1.82. The lowest BCUT2D eigenvalue weighted by Crippen LogP contribution is -2.33. The van der Waals surface area contributed by atoms with Crippen LogP contribution in [0.4, 0.5) is 0 Å². The summed E-state index contributed by atoms with van der Waals surface area (Å²) in [5.74, 6) is 1.49. The summed E-state index contributed by atoms with van der Waals surface area (Å²) in [5, 5.41) is 8.33. The molecule has 1 fully saturated rings. The van der Waals surface area contributed by atoms with Crippen LogP contribution in [0.5, 0.6) is 0 Å². The molecule has 6 nitrogen and oxygen atoms in total. The number of nitrogens with zero attached hydrogens (tertiary/aromatic N) is 3. The molecule has 0 aliphatic carbocycles. The van der Waals surface area contributed by atoms with Crippen LogP contribution < -0.4 is 5.32 Å². The van der Waals surface area contributed by atoms with E-state index in [-0.39, 0.29) is 6.10 Å². The van der Waals surface area contributed by atoms with Crippen LogP contribution in [0.25, 0.3) is 11.0 Å². The molecule has 4 rings (SSSR count). The molecule has 0 aromatic carbocycles. The van der Waals surface area contributed by atoms with Gasteiger partial charge in [0.2, 0.25) is 0 Å². The van der Waals surface area contributed by atoms with E-state index in [0.717, 1.165) is 47.4 Å². The van der Waals surface area contributed by atoms with Crippen molar-refractivity contribution >= 4 is 34.1 Å². The zero-order valence-electron chi connectivity index (χ0n) is 11.8. The summed E-state index contributed by atoms with van der Waals surface area (Å²) in [7, 11) is 0. The molecule has 0 radical (unpaired) electrons. The van der Waals surface area contributed by atoms with E-state index in [2.05, 4.69) is 30.6 Å². The average Bonchev–Trinajstić information content (AvgIpc) is 3.15. The highest BCUT2D eigenvalue weighted by atomic mass is 32.2. The minimum absolute atomic E-state index is 0.0224. The number of hydrogen-bond donors (Lipinski definition) is 2. The number of thioether (sulfide) groups is 1. The second-order valence-corrected chi connectivity index (χ2v) is 6.67. The number of aromatic amines is 1. The average molecular weight is 333 g/mol. The quantitative estimate of drug-likeness (QED) is 0.714. The molecule has 0 bridgehead atoms. The van der Waals surface area contributed by atoms with E-state index in [4.69, 9.17) is 4.74 Å². The number of aromatic nitrogens is 4. The molecule has 114 valence electrons. The van der Waals surface area contributed by atoms with Gasteiger partial charge in [0.1, 0.15) is 17.4 Å². The zero-order chi connectivity index (χ0) is 14.8. The maximum atomic E-state index is 5.73. The molecule has 1 aliphatic rings. The maximum Gasteiger partial charge on any atom is 0.166 e. The molecule has 3 aromatic heterocycles. The van der Waals surface area contributed by atoms with Crippen molar-refractivity contribution in [2.45, 2.75) is 17.0 Å². The van der Waals surface area contributed by atoms with Gasteiger partial charge in [0.15, 0.2) is 5.16 Å². The molecule has 1 atom stereocenters. The molecule has 3 aromatic rings. The number of hydrogen-bond acceptors (Lipinski definition) is 7. The lowest BCUT2D eigenvalue weighted by molar-refractivity contribution is 0.0248. The van der Waals surface area contributed by atoms with E-state index in [1.807, 2.05) is 11.4 Å². The van der Waals surface area contributed by atoms with Crippen LogP contribution in [-0.4, -0.2) is 39.6 Å². The molecule has 2 N–H and O–H groups in total. The van der Waals surface area contributed by atoms with Crippen LogP contribution in [0.2, 0.25) is 0 Å². The van der Waals surface area contributed by atoms with E-state index in [0.29, 0.717) is 5.75 Å². The van der Waals surface area contributed by atoms with Crippen molar-refractivity contribution in [2.24, 2.45) is 0 Å². The topological polar surface area (TPSA) is 75.7 Å². The number of imidazole rings is 1. The number of morpholine rings is 1. The molecule has 0 spiro atoms. The molecule has 0 amide bonds. The minimum Gasteiger partial charge on any atom is -0.369 e. The standard InChI is InChI=1S/C14H15N5OS2/c1-2-16-13(17-9(1)12-5-15-3-4-20-12)8-22-14-18-10-6-21-7-11(10)19-14/h1-2,6-7,12,15H,3-5,8H2,(H,18,19). The molecular weight excluding hydrogens is 318 g/mol. The monoisotopic (exact) mass is 333 g/mol. The van der Waals surface area contributed by atoms with Gasteiger partial charge < -0.3 is 15.0 Å². The SMILES string of the molecule is c1cc(C2CNCCO2)nc(CSc2nc3cscc3[nH]2)n1. The summed E-state index contributed by atoms with van der Waals surface area (Å²) in [5.41, 5.74) is 3.05. The van der Waals surface area contributed by atoms with Gasteiger partial charge in [-0.3, -0.25) is 0 Å². The van der Waals surface area contributed by atoms with Crippen molar-refractivity contribution in [3.05, 3.63) is 34.5 Å². The first-order valence-electron chi connectivity index (χ1n) is 7.07. The van der Waals surface area contributed by atoms with Gasteiger partial charge in [-0.25, -0.2) is 15.0 Å². The largest absolute Gasteiger partial charge is 0.369 e.